The van der Waals surface area contributed by atoms with Gasteiger partial charge in [-0.2, -0.15) is 0 Å². The van der Waals surface area contributed by atoms with Crippen molar-refractivity contribution in [2.24, 2.45) is 0 Å². The van der Waals surface area contributed by atoms with Gasteiger partial charge in [0.05, 0.1) is 18.0 Å². The highest BCUT2D eigenvalue weighted by molar-refractivity contribution is 5.43. The van der Waals surface area contributed by atoms with E-state index in [1.54, 1.807) is 0 Å². The molecule has 0 amide bonds. The SMILES string of the molecule is Cc1cnc(CNC2CCCOc3c(C)cccc32)cn1. The minimum atomic E-state index is 0.311. The average Bonchev–Trinajstić information content (AvgIpc) is 2.70. The first-order valence-electron chi connectivity index (χ1n) is 7.47. The third kappa shape index (κ3) is 3.22. The standard InChI is InChI=1S/C17H21N3O/c1-12-5-3-6-15-16(7-4-8-21-17(12)15)20-11-14-10-18-13(2)9-19-14/h3,5-6,9-10,16,20H,4,7-8,11H2,1-2H3. The van der Waals surface area contributed by atoms with Crippen molar-refractivity contribution >= 4 is 0 Å². The highest BCUT2D eigenvalue weighted by atomic mass is 16.5. The molecule has 3 rings (SSSR count). The highest BCUT2D eigenvalue weighted by Crippen LogP contribution is 2.34. The van der Waals surface area contributed by atoms with E-state index >= 15 is 0 Å². The summed E-state index contributed by atoms with van der Waals surface area (Å²) in [6, 6.07) is 6.67. The van der Waals surface area contributed by atoms with Gasteiger partial charge in [0, 0.05) is 30.5 Å². The Hall–Kier alpha value is -1.94. The summed E-state index contributed by atoms with van der Waals surface area (Å²) < 4.78 is 5.91. The molecular formula is C17H21N3O. The van der Waals surface area contributed by atoms with Gasteiger partial charge in [-0.25, -0.2) is 0 Å². The van der Waals surface area contributed by atoms with Crippen LogP contribution in [0.25, 0.3) is 0 Å². The third-order valence-corrected chi connectivity index (χ3v) is 3.87. The van der Waals surface area contributed by atoms with Crippen molar-refractivity contribution < 1.29 is 4.74 Å². The lowest BCUT2D eigenvalue weighted by molar-refractivity contribution is 0.313. The molecule has 2 heterocycles. The smallest absolute Gasteiger partial charge is 0.126 e. The molecule has 1 unspecified atom stereocenters. The molecule has 1 aromatic carbocycles. The lowest BCUT2D eigenvalue weighted by Crippen LogP contribution is -2.21. The molecule has 1 atom stereocenters. The lowest BCUT2D eigenvalue weighted by atomic mass is 10.00. The van der Waals surface area contributed by atoms with E-state index < -0.39 is 0 Å². The lowest BCUT2D eigenvalue weighted by Gasteiger charge is -2.19. The number of nitrogens with zero attached hydrogens (tertiary/aromatic N) is 2. The van der Waals surface area contributed by atoms with Crippen molar-refractivity contribution in [1.82, 2.24) is 15.3 Å². The molecule has 110 valence electrons. The summed E-state index contributed by atoms with van der Waals surface area (Å²) in [5.41, 5.74) is 4.38. The summed E-state index contributed by atoms with van der Waals surface area (Å²) in [4.78, 5) is 8.70. The van der Waals surface area contributed by atoms with Crippen molar-refractivity contribution in [2.45, 2.75) is 39.3 Å². The molecule has 0 aliphatic carbocycles. The first-order chi connectivity index (χ1) is 10.2. The van der Waals surface area contributed by atoms with Gasteiger partial charge in [-0.15, -0.1) is 0 Å². The molecule has 4 heteroatoms. The van der Waals surface area contributed by atoms with Crippen LogP contribution in [-0.4, -0.2) is 16.6 Å². The van der Waals surface area contributed by atoms with Crippen LogP contribution in [-0.2, 0) is 6.54 Å². The first kappa shape index (κ1) is 14.0. The number of nitrogens with one attached hydrogen (secondary N) is 1. The molecule has 0 fully saturated rings. The molecule has 1 N–H and O–H groups in total. The van der Waals surface area contributed by atoms with Gasteiger partial charge in [0.25, 0.3) is 0 Å². The van der Waals surface area contributed by atoms with E-state index in [2.05, 4.69) is 40.4 Å². The van der Waals surface area contributed by atoms with E-state index in [0.717, 1.165) is 43.1 Å². The summed E-state index contributed by atoms with van der Waals surface area (Å²) in [5, 5.41) is 3.60. The second-order valence-corrected chi connectivity index (χ2v) is 5.57. The Kier molecular flexibility index (Phi) is 4.15. The fraction of sp³-hybridized carbons (Fsp3) is 0.412. The fourth-order valence-corrected chi connectivity index (χ4v) is 2.71. The van der Waals surface area contributed by atoms with E-state index in [0.29, 0.717) is 6.04 Å². The van der Waals surface area contributed by atoms with Crippen molar-refractivity contribution in [1.29, 1.82) is 0 Å². The molecule has 21 heavy (non-hydrogen) atoms. The van der Waals surface area contributed by atoms with E-state index in [9.17, 15) is 0 Å². The van der Waals surface area contributed by atoms with Crippen molar-refractivity contribution in [2.75, 3.05) is 6.61 Å². The Bertz CT molecular complexity index is 610. The summed E-state index contributed by atoms with van der Waals surface area (Å²) in [6.45, 7) is 5.57. The summed E-state index contributed by atoms with van der Waals surface area (Å²) >= 11 is 0. The Morgan fingerprint density at radius 2 is 2.14 bits per heavy atom. The summed E-state index contributed by atoms with van der Waals surface area (Å²) in [7, 11) is 0. The van der Waals surface area contributed by atoms with Crippen LogP contribution in [0.3, 0.4) is 0 Å². The Labute approximate surface area is 125 Å². The van der Waals surface area contributed by atoms with Crippen LogP contribution in [0.15, 0.2) is 30.6 Å². The van der Waals surface area contributed by atoms with E-state index in [-0.39, 0.29) is 0 Å². The van der Waals surface area contributed by atoms with Gasteiger partial charge in [0.15, 0.2) is 0 Å². The molecular weight excluding hydrogens is 262 g/mol. The number of aryl methyl sites for hydroxylation is 2. The van der Waals surface area contributed by atoms with E-state index in [1.165, 1.54) is 11.1 Å². The van der Waals surface area contributed by atoms with Gasteiger partial charge in [-0.1, -0.05) is 18.2 Å². The zero-order valence-corrected chi connectivity index (χ0v) is 12.6. The van der Waals surface area contributed by atoms with Gasteiger partial charge in [-0.3, -0.25) is 9.97 Å². The quantitative estimate of drug-likeness (QED) is 0.940. The van der Waals surface area contributed by atoms with Crippen LogP contribution in [0.1, 0.15) is 41.4 Å². The molecule has 0 spiro atoms. The Balaban J connectivity index is 1.76. The molecule has 1 aliphatic rings. The maximum atomic E-state index is 5.91. The van der Waals surface area contributed by atoms with Gasteiger partial charge in [0.1, 0.15) is 5.75 Å². The van der Waals surface area contributed by atoms with Crippen LogP contribution in [0.2, 0.25) is 0 Å². The fourth-order valence-electron chi connectivity index (χ4n) is 2.71. The number of fused-ring (bicyclic) bond motifs is 1. The summed E-state index contributed by atoms with van der Waals surface area (Å²) in [5.74, 6) is 1.04. The van der Waals surface area contributed by atoms with Crippen molar-refractivity contribution in [3.8, 4) is 5.75 Å². The third-order valence-electron chi connectivity index (χ3n) is 3.87. The second kappa shape index (κ2) is 6.22. The molecule has 0 saturated carbocycles. The molecule has 0 saturated heterocycles. The number of hydrogen-bond donors (Lipinski definition) is 1. The van der Waals surface area contributed by atoms with Crippen LogP contribution in [0.4, 0.5) is 0 Å². The van der Waals surface area contributed by atoms with Gasteiger partial charge < -0.3 is 10.1 Å². The number of ether oxygens (including phenoxy) is 1. The molecule has 0 radical (unpaired) electrons. The topological polar surface area (TPSA) is 47.0 Å². The van der Waals surface area contributed by atoms with Crippen LogP contribution in [0.5, 0.6) is 5.75 Å². The molecule has 2 aromatic rings. The highest BCUT2D eigenvalue weighted by Gasteiger charge is 2.20. The zero-order valence-electron chi connectivity index (χ0n) is 12.6. The number of aromatic nitrogens is 2. The predicted octanol–water partition coefficient (Wildman–Crippen LogP) is 3.10. The predicted molar refractivity (Wildman–Crippen MR) is 82.3 cm³/mol. The molecule has 4 nitrogen and oxygen atoms in total. The van der Waals surface area contributed by atoms with Crippen molar-refractivity contribution in [3.63, 3.8) is 0 Å². The van der Waals surface area contributed by atoms with Gasteiger partial charge in [0.2, 0.25) is 0 Å². The van der Waals surface area contributed by atoms with E-state index in [4.69, 9.17) is 4.74 Å². The maximum absolute atomic E-state index is 5.91. The zero-order chi connectivity index (χ0) is 14.7. The molecule has 1 aliphatic heterocycles. The number of para-hydroxylation sites is 1. The molecule has 0 bridgehead atoms. The Morgan fingerprint density at radius 1 is 1.24 bits per heavy atom. The largest absolute Gasteiger partial charge is 0.493 e. The molecule has 1 aromatic heterocycles. The van der Waals surface area contributed by atoms with Crippen LogP contribution >= 0.6 is 0 Å². The summed E-state index contributed by atoms with van der Waals surface area (Å²) in [6.07, 6.45) is 5.79. The second-order valence-electron chi connectivity index (χ2n) is 5.57. The monoisotopic (exact) mass is 283 g/mol. The first-order valence-corrected chi connectivity index (χ1v) is 7.47. The minimum absolute atomic E-state index is 0.311. The van der Waals surface area contributed by atoms with Gasteiger partial charge in [-0.05, 0) is 32.3 Å². The van der Waals surface area contributed by atoms with Gasteiger partial charge >= 0.3 is 0 Å². The number of hydrogen-bond acceptors (Lipinski definition) is 4. The minimum Gasteiger partial charge on any atom is -0.493 e. The van der Waals surface area contributed by atoms with Crippen LogP contribution in [0, 0.1) is 13.8 Å². The maximum Gasteiger partial charge on any atom is 0.126 e. The number of rotatable bonds is 3. The number of benzene rings is 1. The normalized spacial score (nSPS) is 17.7. The average molecular weight is 283 g/mol. The Morgan fingerprint density at radius 3 is 2.95 bits per heavy atom. The van der Waals surface area contributed by atoms with Crippen LogP contribution < -0.4 is 10.1 Å². The van der Waals surface area contributed by atoms with Crippen molar-refractivity contribution in [3.05, 3.63) is 53.1 Å². The van der Waals surface area contributed by atoms with E-state index in [1.807, 2.05) is 19.3 Å².